The lowest BCUT2D eigenvalue weighted by atomic mass is 10.2. The largest absolute Gasteiger partial charge is 0.481 e. The Balaban J connectivity index is 3.11. The predicted molar refractivity (Wildman–Crippen MR) is 50.7 cm³/mol. The normalized spacial score (nSPS) is 12.8. The number of carboxylic acids is 1. The maximum Gasteiger partial charge on any atom is 0.303 e. The van der Waals surface area contributed by atoms with E-state index in [1.165, 1.54) is 0 Å². The second-order valence-electron chi connectivity index (χ2n) is 3.22. The summed E-state index contributed by atoms with van der Waals surface area (Å²) in [5.41, 5.74) is 0. The summed E-state index contributed by atoms with van der Waals surface area (Å²) in [6, 6.07) is 0.315. The van der Waals surface area contributed by atoms with E-state index in [9.17, 15) is 4.79 Å². The van der Waals surface area contributed by atoms with Gasteiger partial charge in [-0.1, -0.05) is 0 Å². The van der Waals surface area contributed by atoms with Gasteiger partial charge in [-0.3, -0.25) is 4.79 Å². The smallest absolute Gasteiger partial charge is 0.303 e. The second kappa shape index (κ2) is 8.01. The molecule has 4 nitrogen and oxygen atoms in total. The summed E-state index contributed by atoms with van der Waals surface area (Å²) in [5.74, 6) is -0.733. The van der Waals surface area contributed by atoms with Crippen LogP contribution in [0.1, 0.15) is 32.6 Å². The molecule has 0 saturated carbocycles. The molecular formula is C9H19NO3. The highest BCUT2D eigenvalue weighted by Gasteiger charge is 2.00. The van der Waals surface area contributed by atoms with Crippen molar-refractivity contribution in [2.45, 2.75) is 38.6 Å². The number of aliphatic hydroxyl groups is 1. The van der Waals surface area contributed by atoms with Gasteiger partial charge in [0.25, 0.3) is 0 Å². The fourth-order valence-corrected chi connectivity index (χ4v) is 1.05. The van der Waals surface area contributed by atoms with E-state index in [1.54, 1.807) is 0 Å². The Morgan fingerprint density at radius 1 is 1.46 bits per heavy atom. The number of carbonyl (C=O) groups is 1. The second-order valence-corrected chi connectivity index (χ2v) is 3.22. The summed E-state index contributed by atoms with van der Waals surface area (Å²) in [6.07, 6.45) is 2.59. The van der Waals surface area contributed by atoms with Gasteiger partial charge < -0.3 is 15.5 Å². The first-order chi connectivity index (χ1) is 6.16. The molecule has 78 valence electrons. The molecule has 0 spiro atoms. The van der Waals surface area contributed by atoms with Gasteiger partial charge in [-0.15, -0.1) is 0 Å². The molecule has 0 aromatic carbocycles. The number of aliphatic hydroxyl groups excluding tert-OH is 1. The Morgan fingerprint density at radius 3 is 2.69 bits per heavy atom. The fourth-order valence-electron chi connectivity index (χ4n) is 1.05. The van der Waals surface area contributed by atoms with Gasteiger partial charge in [-0.25, -0.2) is 0 Å². The van der Waals surface area contributed by atoms with Crippen molar-refractivity contribution in [1.82, 2.24) is 5.32 Å². The van der Waals surface area contributed by atoms with Crippen LogP contribution in [0, 0.1) is 0 Å². The molecule has 0 radical (unpaired) electrons. The lowest BCUT2D eigenvalue weighted by Gasteiger charge is -2.11. The maximum atomic E-state index is 10.1. The number of nitrogens with one attached hydrogen (secondary N) is 1. The highest BCUT2D eigenvalue weighted by atomic mass is 16.4. The molecule has 0 amide bonds. The van der Waals surface area contributed by atoms with Gasteiger partial charge in [0.05, 0.1) is 0 Å². The molecule has 1 atom stereocenters. The van der Waals surface area contributed by atoms with Crippen LogP contribution in [0.5, 0.6) is 0 Å². The molecule has 3 N–H and O–H groups in total. The summed E-state index contributed by atoms with van der Waals surface area (Å²) >= 11 is 0. The van der Waals surface area contributed by atoms with E-state index in [0.717, 1.165) is 19.4 Å². The van der Waals surface area contributed by atoms with Gasteiger partial charge in [0.1, 0.15) is 0 Å². The molecule has 1 unspecified atom stereocenters. The Labute approximate surface area is 79.0 Å². The van der Waals surface area contributed by atoms with E-state index in [2.05, 4.69) is 5.32 Å². The molecular weight excluding hydrogens is 170 g/mol. The third kappa shape index (κ3) is 9.30. The van der Waals surface area contributed by atoms with Crippen molar-refractivity contribution in [3.8, 4) is 0 Å². The summed E-state index contributed by atoms with van der Waals surface area (Å²) < 4.78 is 0. The van der Waals surface area contributed by atoms with E-state index in [-0.39, 0.29) is 13.0 Å². The van der Waals surface area contributed by atoms with Crippen molar-refractivity contribution < 1.29 is 15.0 Å². The van der Waals surface area contributed by atoms with E-state index >= 15 is 0 Å². The van der Waals surface area contributed by atoms with Crippen LogP contribution in [-0.4, -0.2) is 35.4 Å². The van der Waals surface area contributed by atoms with Gasteiger partial charge >= 0.3 is 5.97 Å². The number of hydrogen-bond donors (Lipinski definition) is 3. The molecule has 0 aromatic rings. The molecule has 0 aliphatic heterocycles. The van der Waals surface area contributed by atoms with Crippen molar-refractivity contribution in [2.75, 3.05) is 13.2 Å². The number of carboxylic acid groups (broad SMARTS) is 1. The van der Waals surface area contributed by atoms with Crippen molar-refractivity contribution in [1.29, 1.82) is 0 Å². The van der Waals surface area contributed by atoms with Crippen LogP contribution in [0.15, 0.2) is 0 Å². The molecule has 0 rings (SSSR count). The van der Waals surface area contributed by atoms with Crippen molar-refractivity contribution >= 4 is 5.97 Å². The summed E-state index contributed by atoms with van der Waals surface area (Å²) in [5, 5.41) is 20.2. The standard InChI is InChI=1S/C9H19NO3/c1-8(5-7-11)10-6-3-2-4-9(12)13/h8,10-11H,2-7H2,1H3,(H,12,13). The van der Waals surface area contributed by atoms with E-state index < -0.39 is 5.97 Å². The van der Waals surface area contributed by atoms with E-state index in [0.29, 0.717) is 12.5 Å². The first-order valence-corrected chi connectivity index (χ1v) is 4.73. The number of aliphatic carboxylic acids is 1. The Morgan fingerprint density at radius 2 is 2.15 bits per heavy atom. The van der Waals surface area contributed by atoms with Gasteiger partial charge in [0, 0.05) is 19.1 Å². The van der Waals surface area contributed by atoms with E-state index in [4.69, 9.17) is 10.2 Å². The minimum Gasteiger partial charge on any atom is -0.481 e. The molecule has 0 fully saturated rings. The van der Waals surface area contributed by atoms with Crippen LogP contribution < -0.4 is 5.32 Å². The topological polar surface area (TPSA) is 69.6 Å². The molecule has 0 aliphatic rings. The number of hydrogen-bond acceptors (Lipinski definition) is 3. The average molecular weight is 189 g/mol. The Kier molecular flexibility index (Phi) is 7.63. The molecule has 0 aromatic heterocycles. The van der Waals surface area contributed by atoms with Gasteiger partial charge in [-0.2, -0.15) is 0 Å². The Bertz CT molecular complexity index is 139. The minimum absolute atomic E-state index is 0.198. The van der Waals surface area contributed by atoms with Crippen LogP contribution in [0.25, 0.3) is 0 Å². The first kappa shape index (κ1) is 12.4. The summed E-state index contributed by atoms with van der Waals surface area (Å²) in [6.45, 7) is 3.03. The molecule has 0 aliphatic carbocycles. The predicted octanol–water partition coefficient (Wildman–Crippen LogP) is 0.602. The van der Waals surface area contributed by atoms with E-state index in [1.807, 2.05) is 6.92 Å². The third-order valence-electron chi connectivity index (χ3n) is 1.87. The lowest BCUT2D eigenvalue weighted by molar-refractivity contribution is -0.137. The van der Waals surface area contributed by atoms with Crippen LogP contribution in [0.2, 0.25) is 0 Å². The highest BCUT2D eigenvalue weighted by Crippen LogP contribution is 1.95. The maximum absolute atomic E-state index is 10.1. The van der Waals surface area contributed by atoms with Gasteiger partial charge in [0.15, 0.2) is 0 Å². The zero-order valence-corrected chi connectivity index (χ0v) is 8.12. The summed E-state index contributed by atoms with van der Waals surface area (Å²) in [4.78, 5) is 10.1. The quantitative estimate of drug-likeness (QED) is 0.489. The van der Waals surface area contributed by atoms with Gasteiger partial charge in [0.2, 0.25) is 0 Å². The number of unbranched alkanes of at least 4 members (excludes halogenated alkanes) is 1. The monoisotopic (exact) mass is 189 g/mol. The molecule has 0 saturated heterocycles. The van der Waals surface area contributed by atoms with Crippen LogP contribution in [0.3, 0.4) is 0 Å². The molecule has 0 heterocycles. The lowest BCUT2D eigenvalue weighted by Crippen LogP contribution is -2.27. The molecule has 0 bridgehead atoms. The number of rotatable bonds is 8. The Hall–Kier alpha value is -0.610. The summed E-state index contributed by atoms with van der Waals surface area (Å²) in [7, 11) is 0. The van der Waals surface area contributed by atoms with Crippen molar-refractivity contribution in [3.63, 3.8) is 0 Å². The zero-order chi connectivity index (χ0) is 10.1. The van der Waals surface area contributed by atoms with Crippen molar-refractivity contribution in [3.05, 3.63) is 0 Å². The molecule has 4 heteroatoms. The van der Waals surface area contributed by atoms with Crippen molar-refractivity contribution in [2.24, 2.45) is 0 Å². The SMILES string of the molecule is CC(CCO)NCCCCC(=O)O. The average Bonchev–Trinajstić information content (AvgIpc) is 2.03. The van der Waals surface area contributed by atoms with Crippen LogP contribution >= 0.6 is 0 Å². The van der Waals surface area contributed by atoms with Crippen LogP contribution in [-0.2, 0) is 4.79 Å². The van der Waals surface area contributed by atoms with Gasteiger partial charge in [-0.05, 0) is 32.7 Å². The third-order valence-corrected chi connectivity index (χ3v) is 1.87. The minimum atomic E-state index is -0.733. The first-order valence-electron chi connectivity index (χ1n) is 4.73. The fraction of sp³-hybridized carbons (Fsp3) is 0.889. The van der Waals surface area contributed by atoms with Crippen LogP contribution in [0.4, 0.5) is 0 Å². The zero-order valence-electron chi connectivity index (χ0n) is 8.12. The molecule has 13 heavy (non-hydrogen) atoms. The highest BCUT2D eigenvalue weighted by molar-refractivity contribution is 5.66.